The highest BCUT2D eigenvalue weighted by Gasteiger charge is 2.26. The van der Waals surface area contributed by atoms with Gasteiger partial charge in [0.15, 0.2) is 11.6 Å². The number of anilines is 3. The van der Waals surface area contributed by atoms with E-state index in [0.717, 1.165) is 56.4 Å². The number of hydrogen-bond donors (Lipinski definition) is 1. The van der Waals surface area contributed by atoms with Crippen LogP contribution in [0.4, 0.5) is 26.3 Å². The molecule has 0 amide bonds. The van der Waals surface area contributed by atoms with Crippen LogP contribution in [0.5, 0.6) is 11.8 Å². The maximum atomic E-state index is 15.2. The van der Waals surface area contributed by atoms with E-state index in [1.54, 1.807) is 12.1 Å². The Labute approximate surface area is 208 Å². The second-order valence-corrected chi connectivity index (χ2v) is 9.89. The lowest BCUT2D eigenvalue weighted by molar-refractivity contribution is 0.311. The molecule has 188 valence electrons. The Hall–Kier alpha value is -3.53. The van der Waals surface area contributed by atoms with Crippen LogP contribution in [0.2, 0.25) is 0 Å². The van der Waals surface area contributed by atoms with E-state index in [9.17, 15) is 4.39 Å². The third kappa shape index (κ3) is 4.41. The average Bonchev–Trinajstić information content (AvgIpc) is 3.43. The van der Waals surface area contributed by atoms with Crippen molar-refractivity contribution < 1.29 is 18.0 Å². The summed E-state index contributed by atoms with van der Waals surface area (Å²) in [5.74, 6) is 0.576. The summed E-state index contributed by atoms with van der Waals surface area (Å²) in [6, 6.07) is 4.67. The van der Waals surface area contributed by atoms with Gasteiger partial charge in [-0.15, -0.1) is 0 Å². The van der Waals surface area contributed by atoms with Crippen LogP contribution in [-0.2, 0) is 6.42 Å². The molecule has 10 heteroatoms. The second-order valence-electron chi connectivity index (χ2n) is 9.89. The smallest absolute Gasteiger partial charge is 0.326 e. The normalized spacial score (nSPS) is 18.1. The predicted octanol–water partition coefficient (Wildman–Crippen LogP) is 5.26. The zero-order valence-electron chi connectivity index (χ0n) is 20.4. The van der Waals surface area contributed by atoms with Gasteiger partial charge in [0, 0.05) is 61.4 Å². The van der Waals surface area contributed by atoms with Crippen LogP contribution in [0.15, 0.2) is 28.3 Å². The minimum Gasteiger partial charge on any atom is -0.421 e. The number of allylic oxidation sites excluding steroid dienone is 1. The van der Waals surface area contributed by atoms with Gasteiger partial charge in [-0.1, -0.05) is 23.2 Å². The first-order valence-corrected chi connectivity index (χ1v) is 12.3. The number of ether oxygens (including phenoxy) is 1. The van der Waals surface area contributed by atoms with Crippen molar-refractivity contribution in [1.82, 2.24) is 20.0 Å². The molecule has 1 N–H and O–H groups in total. The molecule has 2 fully saturated rings. The van der Waals surface area contributed by atoms with Gasteiger partial charge in [-0.05, 0) is 33.2 Å². The number of likely N-dealkylation sites (N-methyl/N-ethyl adjacent to an activating group) is 1. The van der Waals surface area contributed by atoms with E-state index in [2.05, 4.69) is 37.3 Å². The molecular weight excluding hydrogens is 466 g/mol. The van der Waals surface area contributed by atoms with Crippen molar-refractivity contribution >= 4 is 23.6 Å². The zero-order valence-corrected chi connectivity index (χ0v) is 20.4. The van der Waals surface area contributed by atoms with Crippen LogP contribution in [0, 0.1) is 11.6 Å². The van der Waals surface area contributed by atoms with Crippen molar-refractivity contribution in [2.45, 2.75) is 38.5 Å². The number of hydrogen-bond acceptors (Lipinski definition) is 8. The molecule has 2 aliphatic carbocycles. The molecule has 2 aromatic heterocycles. The van der Waals surface area contributed by atoms with Crippen LogP contribution >= 0.6 is 0 Å². The highest BCUT2D eigenvalue weighted by Crippen LogP contribution is 2.38. The predicted molar refractivity (Wildman–Crippen MR) is 132 cm³/mol. The summed E-state index contributed by atoms with van der Waals surface area (Å²) < 4.78 is 41.2. The third-order valence-corrected chi connectivity index (χ3v) is 7.19. The Balaban J connectivity index is 1.32. The molecule has 0 bridgehead atoms. The van der Waals surface area contributed by atoms with Crippen LogP contribution in [0.1, 0.15) is 48.9 Å². The van der Waals surface area contributed by atoms with Crippen molar-refractivity contribution in [3.8, 4) is 11.8 Å². The van der Waals surface area contributed by atoms with Crippen molar-refractivity contribution in [2.75, 3.05) is 43.4 Å². The molecular formula is C26H28F2N6O2. The molecule has 0 spiro atoms. The van der Waals surface area contributed by atoms with Gasteiger partial charge in [-0.3, -0.25) is 0 Å². The minimum atomic E-state index is -0.619. The van der Waals surface area contributed by atoms with Crippen LogP contribution < -0.4 is 15.0 Å². The first-order chi connectivity index (χ1) is 17.4. The summed E-state index contributed by atoms with van der Waals surface area (Å²) in [5, 5.41) is 7.32. The van der Waals surface area contributed by atoms with Gasteiger partial charge in [-0.25, -0.2) is 8.78 Å². The summed E-state index contributed by atoms with van der Waals surface area (Å²) in [6.07, 6.45) is 5.47. The number of aromatic nitrogens is 3. The van der Waals surface area contributed by atoms with Crippen LogP contribution in [0.25, 0.3) is 6.08 Å². The molecule has 0 atom stereocenters. The topological polar surface area (TPSA) is 79.5 Å². The van der Waals surface area contributed by atoms with Gasteiger partial charge in [0.1, 0.15) is 17.5 Å². The Kier molecular flexibility index (Phi) is 5.83. The van der Waals surface area contributed by atoms with Gasteiger partial charge >= 0.3 is 6.01 Å². The average molecular weight is 495 g/mol. The van der Waals surface area contributed by atoms with E-state index in [1.165, 1.54) is 6.42 Å². The van der Waals surface area contributed by atoms with Gasteiger partial charge in [0.05, 0.1) is 5.69 Å². The van der Waals surface area contributed by atoms with E-state index in [-0.39, 0.29) is 17.3 Å². The summed E-state index contributed by atoms with van der Waals surface area (Å²) in [4.78, 5) is 13.3. The van der Waals surface area contributed by atoms with E-state index in [4.69, 9.17) is 9.26 Å². The Morgan fingerprint density at radius 1 is 1.08 bits per heavy atom. The molecule has 1 saturated carbocycles. The molecule has 3 aromatic rings. The third-order valence-electron chi connectivity index (χ3n) is 7.19. The summed E-state index contributed by atoms with van der Waals surface area (Å²) in [6.45, 7) is 5.15. The largest absolute Gasteiger partial charge is 0.421 e. The molecule has 3 heterocycles. The van der Waals surface area contributed by atoms with Gasteiger partial charge < -0.3 is 24.4 Å². The maximum Gasteiger partial charge on any atom is 0.326 e. The fourth-order valence-corrected chi connectivity index (χ4v) is 4.83. The Morgan fingerprint density at radius 2 is 1.89 bits per heavy atom. The summed E-state index contributed by atoms with van der Waals surface area (Å²) >= 11 is 0. The van der Waals surface area contributed by atoms with E-state index in [1.807, 2.05) is 13.0 Å². The van der Waals surface area contributed by atoms with Crippen molar-refractivity contribution in [2.24, 2.45) is 0 Å². The summed E-state index contributed by atoms with van der Waals surface area (Å²) in [5.41, 5.74) is 2.39. The molecule has 3 aliphatic rings. The fraction of sp³-hybridized carbons (Fsp3) is 0.423. The molecule has 8 nitrogen and oxygen atoms in total. The fourth-order valence-electron chi connectivity index (χ4n) is 4.83. The number of piperazine rings is 1. The Bertz CT molecular complexity index is 1330. The van der Waals surface area contributed by atoms with Gasteiger partial charge in [0.25, 0.3) is 0 Å². The first-order valence-electron chi connectivity index (χ1n) is 12.3. The molecule has 1 aromatic carbocycles. The molecule has 0 radical (unpaired) electrons. The maximum absolute atomic E-state index is 15.2. The van der Waals surface area contributed by atoms with Crippen molar-refractivity contribution in [3.63, 3.8) is 0 Å². The first kappa shape index (κ1) is 22.9. The minimum absolute atomic E-state index is 0.0791. The summed E-state index contributed by atoms with van der Waals surface area (Å²) in [7, 11) is 2.07. The Morgan fingerprint density at radius 3 is 2.64 bits per heavy atom. The van der Waals surface area contributed by atoms with Crippen molar-refractivity contribution in [3.05, 3.63) is 52.2 Å². The zero-order chi connectivity index (χ0) is 24.8. The second kappa shape index (κ2) is 9.16. The number of fused-ring (bicyclic) bond motifs is 1. The van der Waals surface area contributed by atoms with Gasteiger partial charge in [0.2, 0.25) is 5.88 Å². The lowest BCUT2D eigenvalue weighted by atomic mass is 9.83. The van der Waals surface area contributed by atoms with E-state index in [0.29, 0.717) is 35.4 Å². The highest BCUT2D eigenvalue weighted by molar-refractivity contribution is 5.66. The van der Waals surface area contributed by atoms with Crippen molar-refractivity contribution in [1.29, 1.82) is 0 Å². The number of halogens is 2. The van der Waals surface area contributed by atoms with E-state index >= 15 is 4.39 Å². The standard InChI is InChI=1S/C26H28F2N6O2/c1-15-10-17-18(11-15)25(28)21(12-19(17)27)35-26-30-22(14-23(31-26)34-8-6-33(2)7-9-34)29-24-13-20(32-36-24)16-4-3-5-16/h11-14,16H,3-10H2,1-2H3,(H,29,30,31). The van der Waals surface area contributed by atoms with Crippen LogP contribution in [-0.4, -0.2) is 53.3 Å². The number of nitrogens with one attached hydrogen (secondary N) is 1. The monoisotopic (exact) mass is 494 g/mol. The molecule has 6 rings (SSSR count). The number of rotatable bonds is 6. The number of nitrogens with zero attached hydrogens (tertiary/aromatic N) is 5. The van der Waals surface area contributed by atoms with E-state index < -0.39 is 11.6 Å². The SMILES string of the molecule is CC1=Cc2c(F)c(Oc3nc(Nc4cc(C5CCC5)no4)cc(N4CCN(C)CC4)n3)cc(F)c2C1. The molecule has 0 unspecified atom stereocenters. The molecule has 1 aliphatic heterocycles. The lowest BCUT2D eigenvalue weighted by Gasteiger charge is -2.33. The highest BCUT2D eigenvalue weighted by atomic mass is 19.1. The lowest BCUT2D eigenvalue weighted by Crippen LogP contribution is -2.44. The number of benzene rings is 1. The molecule has 36 heavy (non-hydrogen) atoms. The van der Waals surface area contributed by atoms with Crippen LogP contribution in [0.3, 0.4) is 0 Å². The van der Waals surface area contributed by atoms with Gasteiger partial charge in [-0.2, -0.15) is 9.97 Å². The molecule has 1 saturated heterocycles. The quantitative estimate of drug-likeness (QED) is 0.497.